The minimum atomic E-state index is 0.657. The number of benzene rings is 1. The molecule has 4 heteroatoms. The molecule has 0 spiro atoms. The molecule has 0 bridgehead atoms. The van der Waals surface area contributed by atoms with Crippen molar-refractivity contribution in [1.82, 2.24) is 10.4 Å². The van der Waals surface area contributed by atoms with Gasteiger partial charge in [-0.05, 0) is 29.5 Å². The van der Waals surface area contributed by atoms with Crippen molar-refractivity contribution in [3.05, 3.63) is 34.9 Å². The van der Waals surface area contributed by atoms with Gasteiger partial charge in [0.15, 0.2) is 0 Å². The zero-order valence-corrected chi connectivity index (χ0v) is 7.28. The zero-order valence-electron chi connectivity index (χ0n) is 5.77. The Bertz CT molecular complexity index is 227. The van der Waals surface area contributed by atoms with Crippen LogP contribution < -0.4 is 10.4 Å². The van der Waals surface area contributed by atoms with Crippen LogP contribution in [0, 0.1) is 0 Å². The van der Waals surface area contributed by atoms with Gasteiger partial charge in [-0.3, -0.25) is 0 Å². The maximum absolute atomic E-state index is 5.74. The van der Waals surface area contributed by atoms with E-state index in [1.165, 1.54) is 0 Å². The fourth-order valence-corrected chi connectivity index (χ4v) is 1.06. The Kier molecular flexibility index (Phi) is 3.66. The molecule has 11 heavy (non-hydrogen) atoms. The minimum Gasteiger partial charge on any atom is -0.239 e. The van der Waals surface area contributed by atoms with Crippen molar-refractivity contribution in [2.24, 2.45) is 0 Å². The molecule has 0 aliphatic rings. The van der Waals surface area contributed by atoms with Gasteiger partial charge in [0.2, 0.25) is 0 Å². The second kappa shape index (κ2) is 4.57. The van der Waals surface area contributed by atoms with Gasteiger partial charge in [0, 0.05) is 11.6 Å². The number of hydrazine groups is 1. The summed E-state index contributed by atoms with van der Waals surface area (Å²) in [6, 6.07) is 7.57. The van der Waals surface area contributed by atoms with Crippen molar-refractivity contribution in [1.29, 1.82) is 0 Å². The van der Waals surface area contributed by atoms with Crippen LogP contribution in [-0.4, -0.2) is 0 Å². The highest BCUT2D eigenvalue weighted by molar-refractivity contribution is 6.30. The van der Waals surface area contributed by atoms with E-state index >= 15 is 0 Å². The Morgan fingerprint density at radius 1 is 1.36 bits per heavy atom. The van der Waals surface area contributed by atoms with E-state index in [0.717, 1.165) is 10.6 Å². The first-order valence-corrected chi connectivity index (χ1v) is 3.91. The average molecular weight is 191 g/mol. The molecule has 60 valence electrons. The summed E-state index contributed by atoms with van der Waals surface area (Å²) in [7, 11) is 0. The van der Waals surface area contributed by atoms with Crippen LogP contribution in [0.15, 0.2) is 24.3 Å². The highest BCUT2D eigenvalue weighted by Gasteiger charge is 1.91. The second-order valence-electron chi connectivity index (χ2n) is 2.08. The van der Waals surface area contributed by atoms with E-state index < -0.39 is 0 Å². The van der Waals surface area contributed by atoms with E-state index in [9.17, 15) is 0 Å². The molecule has 2 N–H and O–H groups in total. The first kappa shape index (κ1) is 8.81. The van der Waals surface area contributed by atoms with E-state index in [0.29, 0.717) is 6.54 Å². The van der Waals surface area contributed by atoms with Gasteiger partial charge in [-0.15, -0.1) is 0 Å². The van der Waals surface area contributed by atoms with Crippen molar-refractivity contribution in [3.63, 3.8) is 0 Å². The summed E-state index contributed by atoms with van der Waals surface area (Å²) in [5.41, 5.74) is 3.84. The normalized spacial score (nSPS) is 10.0. The van der Waals surface area contributed by atoms with Crippen molar-refractivity contribution >= 4 is 23.4 Å². The Hall–Kier alpha value is -0.280. The van der Waals surface area contributed by atoms with Crippen molar-refractivity contribution < 1.29 is 0 Å². The molecule has 0 saturated carbocycles. The lowest BCUT2D eigenvalue weighted by molar-refractivity contribution is 0.677. The van der Waals surface area contributed by atoms with Crippen LogP contribution in [0.1, 0.15) is 5.56 Å². The molecule has 1 aromatic rings. The predicted molar refractivity (Wildman–Crippen MR) is 47.3 cm³/mol. The van der Waals surface area contributed by atoms with Crippen LogP contribution in [-0.2, 0) is 6.54 Å². The summed E-state index contributed by atoms with van der Waals surface area (Å²) in [6.45, 7) is 0.657. The van der Waals surface area contributed by atoms with Crippen molar-refractivity contribution in [2.45, 2.75) is 6.54 Å². The molecular weight excluding hydrogens is 183 g/mol. The fraction of sp³-hybridized carbons (Fsp3) is 0.143. The van der Waals surface area contributed by atoms with Gasteiger partial charge in [0.05, 0.1) is 0 Å². The first-order valence-electron chi connectivity index (χ1n) is 3.16. The summed E-state index contributed by atoms with van der Waals surface area (Å²) in [5.74, 6) is 0. The maximum Gasteiger partial charge on any atom is 0.0409 e. The Labute approximate surface area is 75.6 Å². The second-order valence-corrected chi connectivity index (χ2v) is 2.70. The highest BCUT2D eigenvalue weighted by atomic mass is 35.5. The van der Waals surface area contributed by atoms with Crippen LogP contribution in [0.4, 0.5) is 0 Å². The molecule has 0 aliphatic carbocycles. The van der Waals surface area contributed by atoms with Crippen LogP contribution in [0.2, 0.25) is 5.02 Å². The number of hydrogen-bond donors (Lipinski definition) is 2. The topological polar surface area (TPSA) is 24.1 Å². The molecule has 1 aromatic carbocycles. The van der Waals surface area contributed by atoms with E-state index in [1.807, 2.05) is 24.3 Å². The maximum atomic E-state index is 5.74. The Morgan fingerprint density at radius 3 is 2.82 bits per heavy atom. The zero-order chi connectivity index (χ0) is 8.10. The molecule has 0 atom stereocenters. The Morgan fingerprint density at radius 2 is 2.18 bits per heavy atom. The number of nitrogens with one attached hydrogen (secondary N) is 2. The lowest BCUT2D eigenvalue weighted by atomic mass is 10.2. The van der Waals surface area contributed by atoms with Gasteiger partial charge in [-0.25, -0.2) is 5.43 Å². The molecule has 0 aliphatic heterocycles. The first-order chi connectivity index (χ1) is 5.33. The summed E-state index contributed by atoms with van der Waals surface area (Å²) in [5, 5.41) is 0.735. The lowest BCUT2D eigenvalue weighted by Crippen LogP contribution is -2.21. The third kappa shape index (κ3) is 3.08. The van der Waals surface area contributed by atoms with Gasteiger partial charge < -0.3 is 0 Å². The molecule has 2 nitrogen and oxygen atoms in total. The van der Waals surface area contributed by atoms with E-state index in [-0.39, 0.29) is 0 Å². The summed E-state index contributed by atoms with van der Waals surface area (Å²) in [6.07, 6.45) is 0. The van der Waals surface area contributed by atoms with Crippen LogP contribution >= 0.6 is 23.4 Å². The minimum absolute atomic E-state index is 0.657. The van der Waals surface area contributed by atoms with Crippen LogP contribution in [0.25, 0.3) is 0 Å². The van der Waals surface area contributed by atoms with E-state index in [2.05, 4.69) is 10.4 Å². The molecule has 1 rings (SSSR count). The molecule has 0 fully saturated rings. The third-order valence-corrected chi connectivity index (χ3v) is 1.62. The molecule has 0 amide bonds. The lowest BCUT2D eigenvalue weighted by Gasteiger charge is -2.00. The van der Waals surface area contributed by atoms with Crippen LogP contribution in [0.3, 0.4) is 0 Å². The fourth-order valence-electron chi connectivity index (χ4n) is 0.782. The third-order valence-electron chi connectivity index (χ3n) is 1.25. The van der Waals surface area contributed by atoms with Crippen molar-refractivity contribution in [2.75, 3.05) is 0 Å². The molecule has 0 aromatic heterocycles. The van der Waals surface area contributed by atoms with E-state index in [4.69, 9.17) is 23.4 Å². The SMILES string of the molecule is ClNNCc1cccc(Cl)c1. The van der Waals surface area contributed by atoms with Gasteiger partial charge in [0.25, 0.3) is 0 Å². The van der Waals surface area contributed by atoms with Gasteiger partial charge >= 0.3 is 0 Å². The molecule has 0 radical (unpaired) electrons. The van der Waals surface area contributed by atoms with Gasteiger partial charge in [0.1, 0.15) is 0 Å². The quantitative estimate of drug-likeness (QED) is 0.564. The predicted octanol–water partition coefficient (Wildman–Crippen LogP) is 2.09. The monoisotopic (exact) mass is 190 g/mol. The number of hydrogen-bond acceptors (Lipinski definition) is 2. The van der Waals surface area contributed by atoms with Gasteiger partial charge in [-0.2, -0.15) is 4.94 Å². The number of rotatable bonds is 3. The van der Waals surface area contributed by atoms with Gasteiger partial charge in [-0.1, -0.05) is 23.7 Å². The largest absolute Gasteiger partial charge is 0.239 e. The number of halogens is 2. The Balaban J connectivity index is 2.56. The summed E-state index contributed by atoms with van der Waals surface area (Å²) < 4.78 is 0. The molecular formula is C7H8Cl2N2. The molecule has 0 heterocycles. The summed E-state index contributed by atoms with van der Waals surface area (Å²) in [4.78, 5) is 2.31. The molecule has 0 unspecified atom stereocenters. The standard InChI is InChI=1S/C7H8Cl2N2/c8-7-3-1-2-6(4-7)5-10-11-9/h1-4,10-11H,5H2. The molecule has 0 saturated heterocycles. The van der Waals surface area contributed by atoms with E-state index in [1.54, 1.807) is 0 Å². The van der Waals surface area contributed by atoms with Crippen LogP contribution in [0.5, 0.6) is 0 Å². The smallest absolute Gasteiger partial charge is 0.0409 e. The van der Waals surface area contributed by atoms with Crippen molar-refractivity contribution in [3.8, 4) is 0 Å². The highest BCUT2D eigenvalue weighted by Crippen LogP contribution is 2.09. The average Bonchev–Trinajstić information content (AvgIpc) is 2.01. The summed E-state index contributed by atoms with van der Waals surface area (Å²) >= 11 is 10.9.